The van der Waals surface area contributed by atoms with Crippen LogP contribution in [0.1, 0.15) is 26.4 Å². The zero-order valence-electron chi connectivity index (χ0n) is 17.1. The number of hydrogen-bond donors (Lipinski definition) is 3. The van der Waals surface area contributed by atoms with E-state index in [1.54, 1.807) is 34.5 Å². The summed E-state index contributed by atoms with van der Waals surface area (Å²) in [6, 6.07) is 10.9. The molecule has 2 amide bonds. The van der Waals surface area contributed by atoms with Crippen LogP contribution in [-0.2, 0) is 6.54 Å². The number of carbonyl (C=O) groups excluding carboxylic acids is 2. The van der Waals surface area contributed by atoms with Crippen molar-refractivity contribution >= 4 is 52.6 Å². The molecule has 0 spiro atoms. The van der Waals surface area contributed by atoms with Gasteiger partial charge in [0.1, 0.15) is 11.4 Å². The van der Waals surface area contributed by atoms with Crippen molar-refractivity contribution in [3.8, 4) is 11.3 Å². The number of rotatable bonds is 7. The number of fused-ring (bicyclic) bond motifs is 1. The van der Waals surface area contributed by atoms with Crippen LogP contribution in [0.25, 0.3) is 16.9 Å². The lowest BCUT2D eigenvalue weighted by molar-refractivity contribution is 0.0949. The first-order valence-electron chi connectivity index (χ1n) is 9.56. The van der Waals surface area contributed by atoms with Gasteiger partial charge in [-0.15, -0.1) is 11.8 Å². The van der Waals surface area contributed by atoms with Crippen LogP contribution in [0.2, 0.25) is 0 Å². The Hall–Kier alpha value is -3.63. The summed E-state index contributed by atoms with van der Waals surface area (Å²) >= 11 is 3.04. The fourth-order valence-electron chi connectivity index (χ4n) is 3.38. The molecule has 0 aliphatic heterocycles. The van der Waals surface area contributed by atoms with Crippen molar-refractivity contribution in [1.29, 1.82) is 0 Å². The van der Waals surface area contributed by atoms with E-state index in [1.165, 1.54) is 17.7 Å². The summed E-state index contributed by atoms with van der Waals surface area (Å²) in [5.41, 5.74) is 14.9. The molecule has 3 aromatic heterocycles. The van der Waals surface area contributed by atoms with Crippen LogP contribution in [0.3, 0.4) is 0 Å². The molecule has 0 bridgehead atoms. The molecule has 1 aromatic carbocycles. The summed E-state index contributed by atoms with van der Waals surface area (Å²) in [5.74, 6) is -0.913. The van der Waals surface area contributed by atoms with Crippen LogP contribution in [0, 0.1) is 0 Å². The average molecular weight is 465 g/mol. The zero-order chi connectivity index (χ0) is 22.7. The number of amides is 2. The monoisotopic (exact) mass is 464 g/mol. The number of pyridine rings is 1. The molecule has 10 heteroatoms. The molecule has 4 rings (SSSR count). The van der Waals surface area contributed by atoms with Crippen molar-refractivity contribution in [2.24, 2.45) is 16.5 Å². The average Bonchev–Trinajstić information content (AvgIpc) is 3.45. The Kier molecular flexibility index (Phi) is 6.24. The predicted octanol–water partition coefficient (Wildman–Crippen LogP) is 3.43. The van der Waals surface area contributed by atoms with E-state index in [9.17, 15) is 9.59 Å². The number of thioether (sulfide) groups is 1. The Morgan fingerprint density at radius 1 is 1.31 bits per heavy atom. The SMILES string of the molecule is CSc1cc(CNC(=O)c2cccn3c(C(N)=O)c(-c4ccsc4)nc23)ccc1N=CN. The number of nitrogens with two attached hydrogens (primary N) is 2. The molecule has 0 aliphatic rings. The maximum absolute atomic E-state index is 13.0. The van der Waals surface area contributed by atoms with Crippen molar-refractivity contribution in [1.82, 2.24) is 14.7 Å². The van der Waals surface area contributed by atoms with E-state index in [-0.39, 0.29) is 11.6 Å². The quantitative estimate of drug-likeness (QED) is 0.219. The Morgan fingerprint density at radius 2 is 2.16 bits per heavy atom. The lowest BCUT2D eigenvalue weighted by Gasteiger charge is -2.09. The molecule has 162 valence electrons. The number of primary amides is 1. The molecule has 0 fully saturated rings. The second-order valence-electron chi connectivity index (χ2n) is 6.77. The fraction of sp³-hybridized carbons (Fsp3) is 0.0909. The third-order valence-electron chi connectivity index (χ3n) is 4.83. The first-order valence-corrected chi connectivity index (χ1v) is 11.7. The van der Waals surface area contributed by atoms with Gasteiger partial charge in [-0.05, 0) is 47.5 Å². The fourth-order valence-corrected chi connectivity index (χ4v) is 4.62. The predicted molar refractivity (Wildman–Crippen MR) is 129 cm³/mol. The number of benzene rings is 1. The number of nitrogens with zero attached hydrogens (tertiary/aromatic N) is 3. The highest BCUT2D eigenvalue weighted by atomic mass is 32.2. The van der Waals surface area contributed by atoms with Gasteiger partial charge < -0.3 is 16.8 Å². The van der Waals surface area contributed by atoms with Gasteiger partial charge in [0.05, 0.1) is 17.6 Å². The first-order chi connectivity index (χ1) is 15.5. The van der Waals surface area contributed by atoms with Gasteiger partial charge >= 0.3 is 0 Å². The van der Waals surface area contributed by atoms with E-state index < -0.39 is 5.91 Å². The Morgan fingerprint density at radius 3 is 2.84 bits per heavy atom. The highest BCUT2D eigenvalue weighted by Gasteiger charge is 2.22. The number of hydrogen-bond acceptors (Lipinski definition) is 6. The van der Waals surface area contributed by atoms with Crippen LogP contribution in [0.15, 0.2) is 63.2 Å². The highest BCUT2D eigenvalue weighted by molar-refractivity contribution is 7.98. The molecule has 0 atom stereocenters. The van der Waals surface area contributed by atoms with Gasteiger partial charge in [0.15, 0.2) is 5.65 Å². The standard InChI is InChI=1S/C22H20N6O2S2/c1-31-17-9-13(4-5-16(17)26-12-23)10-25-22(30)15-3-2-7-28-19(20(24)29)18(27-21(15)28)14-6-8-32-11-14/h2-9,11-12H,10H2,1H3,(H2,23,26)(H2,24,29)(H,25,30). The Labute approximate surface area is 192 Å². The van der Waals surface area contributed by atoms with Crippen molar-refractivity contribution < 1.29 is 9.59 Å². The molecule has 8 nitrogen and oxygen atoms in total. The number of aromatic nitrogens is 2. The number of thiophene rings is 1. The molecule has 5 N–H and O–H groups in total. The molecular weight excluding hydrogens is 444 g/mol. The van der Waals surface area contributed by atoms with E-state index in [0.29, 0.717) is 23.4 Å². The van der Waals surface area contributed by atoms with Gasteiger partial charge in [-0.3, -0.25) is 14.0 Å². The van der Waals surface area contributed by atoms with Crippen molar-refractivity contribution in [2.45, 2.75) is 11.4 Å². The molecule has 0 saturated carbocycles. The molecule has 0 saturated heterocycles. The topological polar surface area (TPSA) is 128 Å². The minimum atomic E-state index is -0.610. The molecular formula is C22H20N6O2S2. The van der Waals surface area contributed by atoms with E-state index in [4.69, 9.17) is 11.5 Å². The van der Waals surface area contributed by atoms with Gasteiger partial charge in [-0.2, -0.15) is 11.3 Å². The van der Waals surface area contributed by atoms with Gasteiger partial charge in [0.25, 0.3) is 11.8 Å². The Bertz CT molecular complexity index is 1330. The second kappa shape index (κ2) is 9.25. The minimum Gasteiger partial charge on any atom is -0.390 e. The van der Waals surface area contributed by atoms with E-state index in [0.717, 1.165) is 21.7 Å². The summed E-state index contributed by atoms with van der Waals surface area (Å²) in [7, 11) is 0. The van der Waals surface area contributed by atoms with E-state index >= 15 is 0 Å². The summed E-state index contributed by atoms with van der Waals surface area (Å²) in [6.45, 7) is 0.320. The van der Waals surface area contributed by atoms with E-state index in [1.807, 2.05) is 41.3 Å². The zero-order valence-corrected chi connectivity index (χ0v) is 18.7. The lowest BCUT2D eigenvalue weighted by atomic mass is 10.2. The minimum absolute atomic E-state index is 0.244. The molecule has 32 heavy (non-hydrogen) atoms. The number of aliphatic imine (C=N–C) groups is 1. The van der Waals surface area contributed by atoms with Crippen LogP contribution >= 0.6 is 23.1 Å². The number of imidazole rings is 1. The molecule has 0 unspecified atom stereocenters. The third-order valence-corrected chi connectivity index (χ3v) is 6.28. The van der Waals surface area contributed by atoms with Crippen LogP contribution in [0.4, 0.5) is 5.69 Å². The van der Waals surface area contributed by atoms with Crippen LogP contribution in [-0.4, -0.2) is 33.8 Å². The summed E-state index contributed by atoms with van der Waals surface area (Å²) in [6.07, 6.45) is 4.89. The molecule has 4 aromatic rings. The van der Waals surface area contributed by atoms with Crippen LogP contribution in [0.5, 0.6) is 0 Å². The molecule has 0 aliphatic carbocycles. The normalized spacial score (nSPS) is 11.3. The highest BCUT2D eigenvalue weighted by Crippen LogP contribution is 2.29. The number of carbonyl (C=O) groups is 2. The summed E-state index contributed by atoms with van der Waals surface area (Å²) in [4.78, 5) is 34.9. The summed E-state index contributed by atoms with van der Waals surface area (Å²) in [5, 5.41) is 6.70. The Balaban J connectivity index is 1.65. The second-order valence-corrected chi connectivity index (χ2v) is 8.40. The third kappa shape index (κ3) is 4.10. The van der Waals surface area contributed by atoms with Gasteiger partial charge in [-0.25, -0.2) is 9.98 Å². The molecule has 0 radical (unpaired) electrons. The van der Waals surface area contributed by atoms with Crippen LogP contribution < -0.4 is 16.8 Å². The van der Waals surface area contributed by atoms with Crippen molar-refractivity contribution in [3.05, 3.63) is 70.2 Å². The lowest BCUT2D eigenvalue weighted by Crippen LogP contribution is -2.23. The smallest absolute Gasteiger partial charge is 0.268 e. The van der Waals surface area contributed by atoms with Gasteiger partial charge in [0.2, 0.25) is 0 Å². The van der Waals surface area contributed by atoms with Crippen molar-refractivity contribution in [3.63, 3.8) is 0 Å². The largest absolute Gasteiger partial charge is 0.390 e. The van der Waals surface area contributed by atoms with Crippen molar-refractivity contribution in [2.75, 3.05) is 6.26 Å². The van der Waals surface area contributed by atoms with Gasteiger partial charge in [-0.1, -0.05) is 6.07 Å². The van der Waals surface area contributed by atoms with Gasteiger partial charge in [0, 0.05) is 28.6 Å². The molecule has 3 heterocycles. The number of nitrogens with one attached hydrogen (secondary N) is 1. The van der Waals surface area contributed by atoms with E-state index in [2.05, 4.69) is 15.3 Å². The first kappa shape index (κ1) is 21.6. The summed E-state index contributed by atoms with van der Waals surface area (Å²) < 4.78 is 1.57. The maximum Gasteiger partial charge on any atom is 0.268 e. The maximum atomic E-state index is 13.0.